The maximum Gasteiger partial charge on any atom is 0.0898 e. The summed E-state index contributed by atoms with van der Waals surface area (Å²) in [6, 6.07) is 8.22. The lowest BCUT2D eigenvalue weighted by atomic mass is 9.78. The molecule has 0 atom stereocenters. The van der Waals surface area contributed by atoms with Crippen molar-refractivity contribution in [1.82, 2.24) is 4.98 Å². The van der Waals surface area contributed by atoms with Crippen molar-refractivity contribution < 1.29 is 9.84 Å². The molecule has 3 nitrogen and oxygen atoms in total. The van der Waals surface area contributed by atoms with Crippen LogP contribution in [0.5, 0.6) is 0 Å². The molecule has 1 heterocycles. The number of fused-ring (bicyclic) bond motifs is 1. The van der Waals surface area contributed by atoms with Crippen molar-refractivity contribution in [3.8, 4) is 0 Å². The third kappa shape index (κ3) is 1.93. The van der Waals surface area contributed by atoms with E-state index < -0.39 is 5.60 Å². The maximum atomic E-state index is 10.8. The summed E-state index contributed by atoms with van der Waals surface area (Å²) in [7, 11) is 1.75. The van der Waals surface area contributed by atoms with Gasteiger partial charge in [-0.1, -0.05) is 6.07 Å². The van der Waals surface area contributed by atoms with E-state index in [0.717, 1.165) is 42.1 Å². The molecule has 1 aliphatic rings. The zero-order valence-electron chi connectivity index (χ0n) is 10.6. The molecule has 3 rings (SSSR count). The number of aromatic nitrogens is 1. The van der Waals surface area contributed by atoms with E-state index in [1.807, 2.05) is 24.4 Å². The number of H-pyrrole nitrogens is 1. The van der Waals surface area contributed by atoms with E-state index in [-0.39, 0.29) is 0 Å². The van der Waals surface area contributed by atoms with Crippen LogP contribution in [0.15, 0.2) is 30.5 Å². The van der Waals surface area contributed by atoms with Crippen molar-refractivity contribution in [1.29, 1.82) is 0 Å². The Morgan fingerprint density at radius 2 is 2.06 bits per heavy atom. The fourth-order valence-electron chi connectivity index (χ4n) is 2.94. The predicted molar refractivity (Wildman–Crippen MR) is 71.5 cm³/mol. The summed E-state index contributed by atoms with van der Waals surface area (Å²) in [5.74, 6) is 0. The molecule has 2 aromatic rings. The fraction of sp³-hybridized carbons (Fsp3) is 0.467. The number of rotatable bonds is 2. The van der Waals surface area contributed by atoms with E-state index in [1.165, 1.54) is 0 Å². The Bertz CT molecular complexity index is 538. The number of methoxy groups -OCH3 is 1. The van der Waals surface area contributed by atoms with Crippen LogP contribution in [-0.2, 0) is 10.3 Å². The largest absolute Gasteiger partial charge is 0.385 e. The normalized spacial score (nSPS) is 28.7. The predicted octanol–water partition coefficient (Wildman–Crippen LogP) is 2.94. The molecule has 0 unspecified atom stereocenters. The number of aromatic amines is 1. The van der Waals surface area contributed by atoms with Gasteiger partial charge in [0, 0.05) is 18.8 Å². The van der Waals surface area contributed by atoms with E-state index in [2.05, 4.69) is 11.1 Å². The number of benzene rings is 1. The first-order chi connectivity index (χ1) is 8.71. The molecule has 96 valence electrons. The van der Waals surface area contributed by atoms with Gasteiger partial charge >= 0.3 is 0 Å². The van der Waals surface area contributed by atoms with Crippen LogP contribution in [0.25, 0.3) is 10.9 Å². The molecular formula is C15H19NO2. The Labute approximate surface area is 107 Å². The lowest BCUT2D eigenvalue weighted by Crippen LogP contribution is -2.33. The summed E-state index contributed by atoms with van der Waals surface area (Å²) in [5.41, 5.74) is 1.47. The second kappa shape index (κ2) is 4.41. The minimum atomic E-state index is -0.680. The smallest absolute Gasteiger partial charge is 0.0898 e. The molecule has 0 radical (unpaired) electrons. The first-order valence-corrected chi connectivity index (χ1v) is 6.54. The van der Waals surface area contributed by atoms with Crippen molar-refractivity contribution in [2.24, 2.45) is 0 Å². The van der Waals surface area contributed by atoms with Crippen LogP contribution in [0, 0.1) is 0 Å². The van der Waals surface area contributed by atoms with Gasteiger partial charge in [0.05, 0.1) is 11.7 Å². The average Bonchev–Trinajstić information content (AvgIpc) is 2.87. The first-order valence-electron chi connectivity index (χ1n) is 6.54. The van der Waals surface area contributed by atoms with Crippen molar-refractivity contribution in [3.05, 3.63) is 36.0 Å². The van der Waals surface area contributed by atoms with Crippen molar-refractivity contribution >= 4 is 10.9 Å². The lowest BCUT2D eigenvalue weighted by Gasteiger charge is -2.36. The fourth-order valence-corrected chi connectivity index (χ4v) is 2.94. The quantitative estimate of drug-likeness (QED) is 0.854. The van der Waals surface area contributed by atoms with Crippen molar-refractivity contribution in [2.75, 3.05) is 7.11 Å². The molecular weight excluding hydrogens is 226 g/mol. The highest BCUT2D eigenvalue weighted by Crippen LogP contribution is 2.38. The van der Waals surface area contributed by atoms with Gasteiger partial charge in [-0.2, -0.15) is 0 Å². The van der Waals surface area contributed by atoms with Gasteiger partial charge in [0.1, 0.15) is 0 Å². The third-order valence-corrected chi connectivity index (χ3v) is 4.18. The highest BCUT2D eigenvalue weighted by Gasteiger charge is 2.34. The summed E-state index contributed by atoms with van der Waals surface area (Å²) in [6.45, 7) is 0. The molecule has 2 N–H and O–H groups in total. The molecule has 3 heteroatoms. The summed E-state index contributed by atoms with van der Waals surface area (Å²) in [4.78, 5) is 3.18. The Morgan fingerprint density at radius 3 is 2.78 bits per heavy atom. The Kier molecular flexibility index (Phi) is 2.88. The van der Waals surface area contributed by atoms with E-state index in [4.69, 9.17) is 4.74 Å². The van der Waals surface area contributed by atoms with Crippen LogP contribution in [-0.4, -0.2) is 23.3 Å². The summed E-state index contributed by atoms with van der Waals surface area (Å²) in [6.07, 6.45) is 5.65. The lowest BCUT2D eigenvalue weighted by molar-refractivity contribution is -0.0473. The van der Waals surface area contributed by atoms with Crippen LogP contribution < -0.4 is 0 Å². The topological polar surface area (TPSA) is 45.2 Å². The molecule has 1 aliphatic carbocycles. The van der Waals surface area contributed by atoms with Gasteiger partial charge in [0.2, 0.25) is 0 Å². The van der Waals surface area contributed by atoms with Crippen LogP contribution in [0.1, 0.15) is 31.2 Å². The summed E-state index contributed by atoms with van der Waals surface area (Å²) >= 11 is 0. The van der Waals surface area contributed by atoms with E-state index in [1.54, 1.807) is 7.11 Å². The van der Waals surface area contributed by atoms with Crippen LogP contribution in [0.3, 0.4) is 0 Å². The molecule has 0 amide bonds. The van der Waals surface area contributed by atoms with E-state index >= 15 is 0 Å². The average molecular weight is 245 g/mol. The molecule has 0 spiro atoms. The zero-order chi connectivity index (χ0) is 12.6. The third-order valence-electron chi connectivity index (χ3n) is 4.18. The second-order valence-corrected chi connectivity index (χ2v) is 5.25. The summed E-state index contributed by atoms with van der Waals surface area (Å²) < 4.78 is 5.36. The van der Waals surface area contributed by atoms with Crippen LogP contribution in [0.2, 0.25) is 0 Å². The number of aliphatic hydroxyl groups is 1. The van der Waals surface area contributed by atoms with Gasteiger partial charge in [0.15, 0.2) is 0 Å². The van der Waals surface area contributed by atoms with Gasteiger partial charge < -0.3 is 14.8 Å². The Morgan fingerprint density at radius 1 is 1.28 bits per heavy atom. The first kappa shape index (κ1) is 11.8. The minimum absolute atomic E-state index is 0.307. The van der Waals surface area contributed by atoms with Gasteiger partial charge in [-0.05, 0) is 54.8 Å². The molecule has 1 aromatic heterocycles. The highest BCUT2D eigenvalue weighted by molar-refractivity contribution is 5.80. The van der Waals surface area contributed by atoms with Gasteiger partial charge in [-0.3, -0.25) is 0 Å². The van der Waals surface area contributed by atoms with E-state index in [0.29, 0.717) is 6.10 Å². The maximum absolute atomic E-state index is 10.8. The van der Waals surface area contributed by atoms with Gasteiger partial charge in [-0.25, -0.2) is 0 Å². The second-order valence-electron chi connectivity index (χ2n) is 5.25. The zero-order valence-corrected chi connectivity index (χ0v) is 10.6. The molecule has 1 saturated carbocycles. The monoisotopic (exact) mass is 245 g/mol. The van der Waals surface area contributed by atoms with E-state index in [9.17, 15) is 5.11 Å². The molecule has 0 bridgehead atoms. The number of hydrogen-bond acceptors (Lipinski definition) is 2. The van der Waals surface area contributed by atoms with Crippen molar-refractivity contribution in [3.63, 3.8) is 0 Å². The Hall–Kier alpha value is -1.32. The number of hydrogen-bond donors (Lipinski definition) is 2. The molecule has 18 heavy (non-hydrogen) atoms. The van der Waals surface area contributed by atoms with Gasteiger partial charge in [-0.15, -0.1) is 0 Å². The van der Waals surface area contributed by atoms with Crippen molar-refractivity contribution in [2.45, 2.75) is 37.4 Å². The highest BCUT2D eigenvalue weighted by atomic mass is 16.5. The van der Waals surface area contributed by atoms with Crippen LogP contribution in [0.4, 0.5) is 0 Å². The molecule has 1 aromatic carbocycles. The molecule has 1 fully saturated rings. The standard InChI is InChI=1S/C15H19NO2/c1-18-13-4-7-15(17,8-5-13)12-2-3-14-11(10-12)6-9-16-14/h2-3,6,9-10,13,16-17H,4-5,7-8H2,1H3. The number of ether oxygens (including phenoxy) is 1. The molecule has 0 aliphatic heterocycles. The Balaban J connectivity index is 1.88. The summed E-state index contributed by atoms with van der Waals surface area (Å²) in [5, 5.41) is 11.9. The van der Waals surface area contributed by atoms with Crippen LogP contribution >= 0.6 is 0 Å². The van der Waals surface area contributed by atoms with Gasteiger partial charge in [0.25, 0.3) is 0 Å². The SMILES string of the molecule is COC1CCC(O)(c2ccc3[nH]ccc3c2)CC1. The minimum Gasteiger partial charge on any atom is -0.385 e. The molecule has 0 saturated heterocycles. The number of nitrogens with one attached hydrogen (secondary N) is 1.